The van der Waals surface area contributed by atoms with E-state index in [1.54, 1.807) is 30.6 Å². The van der Waals surface area contributed by atoms with E-state index in [-0.39, 0.29) is 17.9 Å². The Hall–Kier alpha value is -2.73. The summed E-state index contributed by atoms with van der Waals surface area (Å²) in [6.45, 7) is 5.25. The molecule has 142 valence electrons. The van der Waals surface area contributed by atoms with E-state index in [1.165, 1.54) is 0 Å². The van der Waals surface area contributed by atoms with Gasteiger partial charge in [0.1, 0.15) is 0 Å². The van der Waals surface area contributed by atoms with Crippen LogP contribution in [0.5, 0.6) is 0 Å². The lowest BCUT2D eigenvalue weighted by atomic mass is 9.91. The summed E-state index contributed by atoms with van der Waals surface area (Å²) in [5.74, 6) is -0.00991. The molecule has 1 fully saturated rings. The predicted octanol–water partition coefficient (Wildman–Crippen LogP) is 2.84. The first-order valence-electron chi connectivity index (χ1n) is 9.33. The number of benzene rings is 1. The van der Waals surface area contributed by atoms with Crippen molar-refractivity contribution in [3.8, 4) is 0 Å². The second-order valence-electron chi connectivity index (χ2n) is 7.20. The van der Waals surface area contributed by atoms with Crippen LogP contribution in [0, 0.1) is 12.8 Å². The Morgan fingerprint density at radius 1 is 1.26 bits per heavy atom. The molecule has 1 saturated heterocycles. The highest BCUT2D eigenvalue weighted by Crippen LogP contribution is 2.26. The Morgan fingerprint density at radius 3 is 2.70 bits per heavy atom. The molecule has 3 N–H and O–H groups in total. The number of nitrogens with zero attached hydrogens (tertiary/aromatic N) is 2. The Morgan fingerprint density at radius 2 is 2.00 bits per heavy atom. The summed E-state index contributed by atoms with van der Waals surface area (Å²) in [5, 5.41) is 2.91. The summed E-state index contributed by atoms with van der Waals surface area (Å²) in [5.41, 5.74) is 8.48. The summed E-state index contributed by atoms with van der Waals surface area (Å²) in [4.78, 5) is 31.5. The number of para-hydroxylation sites is 1. The van der Waals surface area contributed by atoms with Crippen molar-refractivity contribution in [3.63, 3.8) is 0 Å². The third-order valence-electron chi connectivity index (χ3n) is 5.17. The number of likely N-dealkylation sites (tertiary alicyclic amines) is 1. The fraction of sp³-hybridized carbons (Fsp3) is 0.381. The zero-order valence-corrected chi connectivity index (χ0v) is 15.8. The number of nitrogens with one attached hydrogen (secondary N) is 1. The van der Waals surface area contributed by atoms with Crippen molar-refractivity contribution in [2.75, 3.05) is 18.4 Å². The maximum absolute atomic E-state index is 13.2. The van der Waals surface area contributed by atoms with E-state index in [9.17, 15) is 9.59 Å². The number of anilines is 1. The smallest absolute Gasteiger partial charge is 0.255 e. The summed E-state index contributed by atoms with van der Waals surface area (Å²) in [6, 6.07) is 8.86. The number of pyridine rings is 1. The van der Waals surface area contributed by atoms with Crippen LogP contribution in [0.25, 0.3) is 0 Å². The average Bonchev–Trinajstić information content (AvgIpc) is 2.69. The fourth-order valence-corrected chi connectivity index (χ4v) is 3.49. The average molecular weight is 366 g/mol. The molecule has 2 unspecified atom stereocenters. The van der Waals surface area contributed by atoms with E-state index in [0.29, 0.717) is 35.8 Å². The number of piperidine rings is 1. The van der Waals surface area contributed by atoms with Crippen molar-refractivity contribution in [3.05, 3.63) is 59.4 Å². The molecule has 1 aromatic carbocycles. The highest BCUT2D eigenvalue weighted by atomic mass is 16.2. The zero-order chi connectivity index (χ0) is 19.4. The molecule has 27 heavy (non-hydrogen) atoms. The van der Waals surface area contributed by atoms with E-state index in [2.05, 4.69) is 10.3 Å². The molecule has 2 atom stereocenters. The number of carbonyl (C=O) groups excluding carboxylic acids is 2. The lowest BCUT2D eigenvalue weighted by Crippen LogP contribution is -2.45. The monoisotopic (exact) mass is 366 g/mol. The number of aromatic nitrogens is 1. The van der Waals surface area contributed by atoms with Gasteiger partial charge < -0.3 is 16.0 Å². The SMILES string of the molecule is Cc1cccc(C(=O)N2CCCC(C(C)N)C2)c1NC(=O)c1ccncc1. The first-order valence-corrected chi connectivity index (χ1v) is 9.33. The van der Waals surface area contributed by atoms with Crippen molar-refractivity contribution in [1.82, 2.24) is 9.88 Å². The third-order valence-corrected chi connectivity index (χ3v) is 5.17. The largest absolute Gasteiger partial charge is 0.338 e. The van der Waals surface area contributed by atoms with Crippen molar-refractivity contribution in [2.45, 2.75) is 32.7 Å². The summed E-state index contributed by atoms with van der Waals surface area (Å²) >= 11 is 0. The molecular formula is C21H26N4O2. The summed E-state index contributed by atoms with van der Waals surface area (Å²) < 4.78 is 0. The summed E-state index contributed by atoms with van der Waals surface area (Å²) in [7, 11) is 0. The van der Waals surface area contributed by atoms with Crippen LogP contribution >= 0.6 is 0 Å². The van der Waals surface area contributed by atoms with Gasteiger partial charge in [0, 0.05) is 37.1 Å². The molecular weight excluding hydrogens is 340 g/mol. The van der Waals surface area contributed by atoms with E-state index in [0.717, 1.165) is 18.4 Å². The predicted molar refractivity (Wildman–Crippen MR) is 106 cm³/mol. The minimum Gasteiger partial charge on any atom is -0.338 e. The topological polar surface area (TPSA) is 88.3 Å². The van der Waals surface area contributed by atoms with Crippen molar-refractivity contribution >= 4 is 17.5 Å². The molecule has 3 rings (SSSR count). The van der Waals surface area contributed by atoms with Gasteiger partial charge in [-0.25, -0.2) is 0 Å². The number of hydrogen-bond donors (Lipinski definition) is 2. The second-order valence-corrected chi connectivity index (χ2v) is 7.20. The maximum atomic E-state index is 13.2. The van der Waals surface area contributed by atoms with Gasteiger partial charge in [-0.2, -0.15) is 0 Å². The minimum absolute atomic E-state index is 0.0592. The first kappa shape index (κ1) is 19.0. The molecule has 6 heteroatoms. The number of hydrogen-bond acceptors (Lipinski definition) is 4. The van der Waals surface area contributed by atoms with Gasteiger partial charge in [-0.3, -0.25) is 14.6 Å². The number of aryl methyl sites for hydroxylation is 1. The highest BCUT2D eigenvalue weighted by molar-refractivity contribution is 6.09. The molecule has 1 aliphatic heterocycles. The normalized spacial score (nSPS) is 18.0. The minimum atomic E-state index is -0.257. The molecule has 2 amide bonds. The van der Waals surface area contributed by atoms with Gasteiger partial charge in [0.15, 0.2) is 0 Å². The van der Waals surface area contributed by atoms with Gasteiger partial charge in [0.2, 0.25) is 0 Å². The Kier molecular flexibility index (Phi) is 5.86. The number of nitrogens with two attached hydrogens (primary N) is 1. The summed E-state index contributed by atoms with van der Waals surface area (Å²) in [6.07, 6.45) is 5.13. The maximum Gasteiger partial charge on any atom is 0.255 e. The molecule has 1 aliphatic rings. The fourth-order valence-electron chi connectivity index (χ4n) is 3.49. The molecule has 0 saturated carbocycles. The van der Waals surface area contributed by atoms with Gasteiger partial charge in [0.25, 0.3) is 11.8 Å². The van der Waals surface area contributed by atoms with Gasteiger partial charge in [0.05, 0.1) is 11.3 Å². The van der Waals surface area contributed by atoms with Gasteiger partial charge >= 0.3 is 0 Å². The standard InChI is InChI=1S/C21H26N4O2/c1-14-5-3-7-18(19(14)24-20(26)16-8-10-23-11-9-16)21(27)25-12-4-6-17(13-25)15(2)22/h3,5,7-11,15,17H,4,6,12-13,22H2,1-2H3,(H,24,26). The van der Waals surface area contributed by atoms with Crippen LogP contribution in [0.4, 0.5) is 5.69 Å². The first-order chi connectivity index (χ1) is 13.0. The highest BCUT2D eigenvalue weighted by Gasteiger charge is 2.28. The number of rotatable bonds is 4. The lowest BCUT2D eigenvalue weighted by molar-refractivity contribution is 0.0662. The molecule has 0 spiro atoms. The molecule has 0 radical (unpaired) electrons. The Labute approximate surface area is 159 Å². The van der Waals surface area contributed by atoms with Crippen LogP contribution in [0.3, 0.4) is 0 Å². The van der Waals surface area contributed by atoms with Crippen LogP contribution in [0.2, 0.25) is 0 Å². The Bertz CT molecular complexity index is 820. The van der Waals surface area contributed by atoms with Crippen molar-refractivity contribution in [2.24, 2.45) is 11.7 Å². The van der Waals surface area contributed by atoms with E-state index < -0.39 is 0 Å². The van der Waals surface area contributed by atoms with Crippen LogP contribution in [0.1, 0.15) is 46.0 Å². The molecule has 6 nitrogen and oxygen atoms in total. The molecule has 0 bridgehead atoms. The van der Waals surface area contributed by atoms with Crippen LogP contribution in [0.15, 0.2) is 42.7 Å². The van der Waals surface area contributed by atoms with Crippen LogP contribution in [-0.2, 0) is 0 Å². The number of carbonyl (C=O) groups is 2. The molecule has 2 heterocycles. The van der Waals surface area contributed by atoms with Crippen molar-refractivity contribution < 1.29 is 9.59 Å². The molecule has 0 aliphatic carbocycles. The van der Waals surface area contributed by atoms with E-state index >= 15 is 0 Å². The number of amides is 2. The lowest BCUT2D eigenvalue weighted by Gasteiger charge is -2.35. The molecule has 2 aromatic rings. The van der Waals surface area contributed by atoms with Crippen LogP contribution in [-0.4, -0.2) is 40.8 Å². The van der Waals surface area contributed by atoms with Gasteiger partial charge in [-0.15, -0.1) is 0 Å². The van der Waals surface area contributed by atoms with Gasteiger partial charge in [-0.05, 0) is 56.4 Å². The zero-order valence-electron chi connectivity index (χ0n) is 15.8. The van der Waals surface area contributed by atoms with Crippen LogP contribution < -0.4 is 11.1 Å². The second kappa shape index (κ2) is 8.31. The Balaban J connectivity index is 1.85. The van der Waals surface area contributed by atoms with Gasteiger partial charge in [-0.1, -0.05) is 12.1 Å². The van der Waals surface area contributed by atoms with E-state index in [4.69, 9.17) is 5.73 Å². The third kappa shape index (κ3) is 4.34. The van der Waals surface area contributed by atoms with E-state index in [1.807, 2.05) is 30.9 Å². The van der Waals surface area contributed by atoms with Crippen molar-refractivity contribution in [1.29, 1.82) is 0 Å². The quantitative estimate of drug-likeness (QED) is 0.871. The molecule has 1 aromatic heterocycles.